The van der Waals surface area contributed by atoms with Gasteiger partial charge >= 0.3 is 38.8 Å². The van der Waals surface area contributed by atoms with Gasteiger partial charge in [0.1, 0.15) is 13.2 Å². The number of rotatable bonds is 47. The van der Waals surface area contributed by atoms with Crippen LogP contribution >= 0.6 is 0 Å². The smallest absolute Gasteiger partial charge is 0.407 e. The highest BCUT2D eigenvalue weighted by Gasteiger charge is 2.20. The third-order valence-corrected chi connectivity index (χ3v) is 11.5. The summed E-state index contributed by atoms with van der Waals surface area (Å²) in [6, 6.07) is 0. The molecule has 18 heteroatoms. The molecule has 0 rings (SSSR count). The summed E-state index contributed by atoms with van der Waals surface area (Å²) in [4.78, 5) is 39.5. The van der Waals surface area contributed by atoms with E-state index in [0.29, 0.717) is 12.8 Å². The minimum Gasteiger partial charge on any atom is -0.462 e. The van der Waals surface area contributed by atoms with Gasteiger partial charge in [0, 0.05) is 39.0 Å². The number of esters is 2. The fourth-order valence-corrected chi connectivity index (χ4v) is 7.45. The number of hydrogen-bond donors (Lipinski definition) is 3. The van der Waals surface area contributed by atoms with Crippen molar-refractivity contribution in [3.63, 3.8) is 0 Å². The molecule has 0 spiro atoms. The Morgan fingerprint density at radius 1 is 0.508 bits per heavy atom. The number of carbonyl (C=O) groups excluding carboxylic acids is 3. The van der Waals surface area contributed by atoms with Gasteiger partial charge in [0.15, 0.2) is 6.10 Å². The van der Waals surface area contributed by atoms with Crippen LogP contribution in [0.4, 0.5) is 4.79 Å². The quantitative estimate of drug-likeness (QED) is 0.0170. The molecule has 0 aromatic rings. The maximum atomic E-state index is 12.7. The van der Waals surface area contributed by atoms with Crippen LogP contribution in [0, 0.1) is 0 Å². The van der Waals surface area contributed by atoms with E-state index in [0.717, 1.165) is 77.0 Å². The molecule has 0 heterocycles. The van der Waals surface area contributed by atoms with Gasteiger partial charge in [-0.15, -0.1) is 0 Å². The van der Waals surface area contributed by atoms with E-state index in [4.69, 9.17) is 23.3 Å². The number of alkyl carbamates (subject to hydrolysis) is 1. The molecule has 0 atom stereocenters. The molecular weight excluding hydrogens is 881 g/mol. The zero-order valence-corrected chi connectivity index (χ0v) is 41.7. The van der Waals surface area contributed by atoms with E-state index >= 15 is 0 Å². The minimum atomic E-state index is -4.70. The van der Waals surface area contributed by atoms with Gasteiger partial charge in [0.25, 0.3) is 0 Å². The summed E-state index contributed by atoms with van der Waals surface area (Å²) in [6.45, 7) is 3.09. The molecule has 16 nitrogen and oxygen atoms in total. The van der Waals surface area contributed by atoms with Crippen molar-refractivity contribution in [1.29, 1.82) is 0 Å². The van der Waals surface area contributed by atoms with Gasteiger partial charge in [-0.2, -0.15) is 16.8 Å². The van der Waals surface area contributed by atoms with E-state index in [9.17, 15) is 31.2 Å². The van der Waals surface area contributed by atoms with Gasteiger partial charge in [0.05, 0.1) is 13.2 Å². The summed E-state index contributed by atoms with van der Waals surface area (Å²) in [6.07, 6.45) is 37.6. The van der Waals surface area contributed by atoms with Gasteiger partial charge < -0.3 is 19.5 Å². The van der Waals surface area contributed by atoms with Crippen LogP contribution in [-0.4, -0.2) is 108 Å². The topological polar surface area (TPSA) is 221 Å². The Hall–Kier alpha value is -2.61. The lowest BCUT2D eigenvalue weighted by Gasteiger charge is -2.22. The lowest BCUT2D eigenvalue weighted by molar-refractivity contribution is -0.152. The van der Waals surface area contributed by atoms with Crippen LogP contribution < -0.4 is 5.32 Å². The second-order valence-corrected chi connectivity index (χ2v) is 18.9. The molecule has 0 saturated heterocycles. The Kier molecular flexibility index (Phi) is 42.2. The highest BCUT2D eigenvalue weighted by atomic mass is 32.3. The third kappa shape index (κ3) is 49.1. The van der Waals surface area contributed by atoms with Crippen molar-refractivity contribution in [2.24, 2.45) is 0 Å². The van der Waals surface area contributed by atoms with Crippen LogP contribution in [0.2, 0.25) is 0 Å². The van der Waals surface area contributed by atoms with Gasteiger partial charge in [-0.1, -0.05) is 141 Å². The maximum absolute atomic E-state index is 12.7. The summed E-state index contributed by atoms with van der Waals surface area (Å²) in [5.41, 5.74) is 0. The number of unbranched alkanes of at least 4 members (excludes halogenated alkanes) is 22. The number of amides is 1. The first-order chi connectivity index (χ1) is 31.3. The predicted molar refractivity (Wildman–Crippen MR) is 255 cm³/mol. The number of nitrogens with zero attached hydrogens (tertiary/aromatic N) is 1. The molecule has 0 saturated carbocycles. The molecule has 0 aromatic heterocycles. The first kappa shape index (κ1) is 62.4. The largest absolute Gasteiger partial charge is 0.462 e. The monoisotopic (exact) mass is 969 g/mol. The van der Waals surface area contributed by atoms with Crippen molar-refractivity contribution in [2.75, 3.05) is 52.6 Å². The van der Waals surface area contributed by atoms with Crippen molar-refractivity contribution in [1.82, 2.24) is 10.2 Å². The first-order valence-corrected chi connectivity index (χ1v) is 27.5. The normalized spacial score (nSPS) is 12.2. The second kappa shape index (κ2) is 43.9. The molecule has 382 valence electrons. The van der Waals surface area contributed by atoms with Crippen molar-refractivity contribution in [3.05, 3.63) is 24.3 Å². The number of carbonyl (C=O) groups is 3. The molecule has 3 N–H and O–H groups in total. The van der Waals surface area contributed by atoms with E-state index in [1.54, 1.807) is 0 Å². The molecule has 0 aromatic carbocycles. The van der Waals surface area contributed by atoms with Crippen LogP contribution in [0.5, 0.6) is 0 Å². The summed E-state index contributed by atoms with van der Waals surface area (Å²) in [7, 11) is -9.39. The molecule has 65 heavy (non-hydrogen) atoms. The lowest BCUT2D eigenvalue weighted by Crippen LogP contribution is -2.37. The highest BCUT2D eigenvalue weighted by molar-refractivity contribution is 7.81. The Morgan fingerprint density at radius 2 is 0.862 bits per heavy atom. The SMILES string of the molecule is CCCCCCCC/C=C\CCCCCCCC(=O)OCC(COC(=O)CCCCCCC/C=C\CCCCCCCC)OC(=O)NCCCN(CCOS(=O)(=O)O)CCOS(=O)(=O)O. The average molecular weight is 969 g/mol. The molecule has 0 unspecified atom stereocenters. The van der Waals surface area contributed by atoms with Crippen LogP contribution in [0.3, 0.4) is 0 Å². The van der Waals surface area contributed by atoms with Crippen LogP contribution in [-0.2, 0) is 53.0 Å². The number of hydrogen-bond acceptors (Lipinski definition) is 13. The Bertz CT molecular complexity index is 1350. The zero-order chi connectivity index (χ0) is 48.1. The van der Waals surface area contributed by atoms with E-state index in [1.807, 2.05) is 0 Å². The van der Waals surface area contributed by atoms with Gasteiger partial charge in [-0.3, -0.25) is 23.6 Å². The van der Waals surface area contributed by atoms with Crippen LogP contribution in [0.1, 0.15) is 200 Å². The van der Waals surface area contributed by atoms with E-state index in [2.05, 4.69) is 51.8 Å². The molecule has 0 radical (unpaired) electrons. The van der Waals surface area contributed by atoms with Crippen LogP contribution in [0.15, 0.2) is 24.3 Å². The standard InChI is InChI=1S/C47H88N2O14S2/c1-3-5-7-9-11-13-15-17-19-21-23-25-27-29-31-34-45(50)59-42-44(43-60-46(51)35-32-30-28-26-24-22-20-18-16-14-12-10-8-6-4-2)63-47(52)48-36-33-37-49(38-40-61-64(53,54)55)39-41-62-65(56,57)58/h17-20,44H,3-16,21-43H2,1-2H3,(H,48,52)(H,53,54,55)(H,56,57,58)/b19-17-,20-18-. The Balaban J connectivity index is 4.76. The third-order valence-electron chi connectivity index (χ3n) is 10.6. The average Bonchev–Trinajstić information content (AvgIpc) is 3.25. The highest BCUT2D eigenvalue weighted by Crippen LogP contribution is 2.13. The van der Waals surface area contributed by atoms with E-state index in [1.165, 1.54) is 81.9 Å². The van der Waals surface area contributed by atoms with Gasteiger partial charge in [0.2, 0.25) is 0 Å². The maximum Gasteiger partial charge on any atom is 0.407 e. The molecular formula is C47H88N2O14S2. The number of nitrogens with one attached hydrogen (secondary N) is 1. The van der Waals surface area contributed by atoms with Crippen molar-refractivity contribution < 1.29 is 62.9 Å². The summed E-state index contributed by atoms with van der Waals surface area (Å²) in [5.74, 6) is -0.875. The second-order valence-electron chi connectivity index (χ2n) is 16.7. The Morgan fingerprint density at radius 3 is 1.23 bits per heavy atom. The zero-order valence-electron chi connectivity index (χ0n) is 40.1. The number of allylic oxidation sites excluding steroid dienone is 4. The van der Waals surface area contributed by atoms with Crippen molar-refractivity contribution >= 4 is 38.8 Å². The lowest BCUT2D eigenvalue weighted by atomic mass is 10.1. The fourth-order valence-electron chi connectivity index (χ4n) is 6.88. The summed E-state index contributed by atoms with van der Waals surface area (Å²) in [5, 5.41) is 2.56. The first-order valence-electron chi connectivity index (χ1n) is 24.8. The Labute approximate surface area is 393 Å². The number of ether oxygens (including phenoxy) is 3. The molecule has 0 aliphatic heterocycles. The minimum absolute atomic E-state index is 0.0604. The molecule has 0 bridgehead atoms. The van der Waals surface area contributed by atoms with Gasteiger partial charge in [-0.05, 0) is 70.6 Å². The van der Waals surface area contributed by atoms with Gasteiger partial charge in [-0.25, -0.2) is 13.2 Å². The molecule has 0 aliphatic rings. The van der Waals surface area contributed by atoms with E-state index < -0.39 is 58.1 Å². The van der Waals surface area contributed by atoms with Crippen molar-refractivity contribution in [2.45, 2.75) is 206 Å². The molecule has 0 fully saturated rings. The summed E-state index contributed by atoms with van der Waals surface area (Å²) < 4.78 is 86.2. The predicted octanol–water partition coefficient (Wildman–Crippen LogP) is 10.6. The molecule has 1 amide bonds. The molecule has 0 aliphatic carbocycles. The van der Waals surface area contributed by atoms with Crippen molar-refractivity contribution in [3.8, 4) is 0 Å². The fraction of sp³-hybridized carbons (Fsp3) is 0.851. The summed E-state index contributed by atoms with van der Waals surface area (Å²) >= 11 is 0. The van der Waals surface area contributed by atoms with E-state index in [-0.39, 0.29) is 58.7 Å². The van der Waals surface area contributed by atoms with Crippen LogP contribution in [0.25, 0.3) is 0 Å².